The van der Waals surface area contributed by atoms with Gasteiger partial charge in [-0.25, -0.2) is 0 Å². The first-order valence-electron chi connectivity index (χ1n) is 6.88. The molecular formula is C15H19BrF3N. The number of hydrogen-bond donors (Lipinski definition) is 0. The van der Waals surface area contributed by atoms with E-state index in [1.807, 2.05) is 7.05 Å². The fraction of sp³-hybridized carbons (Fsp3) is 0.600. The van der Waals surface area contributed by atoms with Crippen molar-refractivity contribution in [3.05, 3.63) is 35.4 Å². The lowest BCUT2D eigenvalue weighted by Crippen LogP contribution is -2.40. The van der Waals surface area contributed by atoms with E-state index < -0.39 is 11.7 Å². The number of hydrogen-bond acceptors (Lipinski definition) is 1. The maximum atomic E-state index is 12.5. The molecule has 0 aliphatic heterocycles. The highest BCUT2D eigenvalue weighted by atomic mass is 79.9. The van der Waals surface area contributed by atoms with E-state index in [-0.39, 0.29) is 0 Å². The third-order valence-corrected chi connectivity index (χ3v) is 4.99. The van der Waals surface area contributed by atoms with Crippen LogP contribution in [-0.2, 0) is 12.7 Å². The Bertz CT molecular complexity index is 430. The van der Waals surface area contributed by atoms with Crippen molar-refractivity contribution < 1.29 is 13.2 Å². The Morgan fingerprint density at radius 2 is 1.75 bits per heavy atom. The second kappa shape index (κ2) is 6.48. The minimum atomic E-state index is -4.26. The van der Waals surface area contributed by atoms with Crippen LogP contribution in [0.25, 0.3) is 0 Å². The quantitative estimate of drug-likeness (QED) is 0.705. The van der Waals surface area contributed by atoms with Crippen molar-refractivity contribution in [2.45, 2.75) is 49.3 Å². The summed E-state index contributed by atoms with van der Waals surface area (Å²) >= 11 is 3.72. The highest BCUT2D eigenvalue weighted by Gasteiger charge is 2.30. The SMILES string of the molecule is CN(Cc1ccc(C(F)(F)F)cc1)C1CCCCC1Br. The van der Waals surface area contributed by atoms with Gasteiger partial charge in [-0.3, -0.25) is 4.90 Å². The van der Waals surface area contributed by atoms with Crippen LogP contribution in [0.1, 0.15) is 36.8 Å². The van der Waals surface area contributed by atoms with Gasteiger partial charge in [0.2, 0.25) is 0 Å². The lowest BCUT2D eigenvalue weighted by molar-refractivity contribution is -0.137. The van der Waals surface area contributed by atoms with Crippen LogP contribution in [0.4, 0.5) is 13.2 Å². The van der Waals surface area contributed by atoms with Gasteiger partial charge in [-0.1, -0.05) is 40.9 Å². The van der Waals surface area contributed by atoms with Gasteiger partial charge in [-0.05, 0) is 37.6 Å². The van der Waals surface area contributed by atoms with Crippen molar-refractivity contribution in [3.8, 4) is 0 Å². The minimum Gasteiger partial charge on any atom is -0.298 e. The van der Waals surface area contributed by atoms with E-state index >= 15 is 0 Å². The van der Waals surface area contributed by atoms with Crippen molar-refractivity contribution in [3.63, 3.8) is 0 Å². The molecule has 5 heteroatoms. The molecule has 1 nitrogen and oxygen atoms in total. The summed E-state index contributed by atoms with van der Waals surface area (Å²) in [7, 11) is 2.04. The van der Waals surface area contributed by atoms with Gasteiger partial charge in [-0.2, -0.15) is 13.2 Å². The van der Waals surface area contributed by atoms with Crippen LogP contribution in [0.15, 0.2) is 24.3 Å². The molecule has 0 heterocycles. The molecule has 1 saturated carbocycles. The van der Waals surface area contributed by atoms with E-state index in [1.165, 1.54) is 19.3 Å². The van der Waals surface area contributed by atoms with Crippen LogP contribution < -0.4 is 0 Å². The average molecular weight is 350 g/mol. The normalized spacial score (nSPS) is 24.1. The Morgan fingerprint density at radius 3 is 2.30 bits per heavy atom. The zero-order valence-electron chi connectivity index (χ0n) is 11.5. The molecule has 0 aromatic heterocycles. The highest BCUT2D eigenvalue weighted by molar-refractivity contribution is 9.09. The third-order valence-electron chi connectivity index (χ3n) is 3.93. The molecule has 0 N–H and O–H groups in total. The van der Waals surface area contributed by atoms with Gasteiger partial charge in [0.25, 0.3) is 0 Å². The van der Waals surface area contributed by atoms with E-state index in [2.05, 4.69) is 20.8 Å². The van der Waals surface area contributed by atoms with E-state index in [0.717, 1.165) is 24.1 Å². The zero-order chi connectivity index (χ0) is 14.8. The molecule has 0 amide bonds. The summed E-state index contributed by atoms with van der Waals surface area (Å²) in [6.07, 6.45) is 0.536. The van der Waals surface area contributed by atoms with Gasteiger partial charge in [0.05, 0.1) is 5.56 Å². The van der Waals surface area contributed by atoms with Crippen molar-refractivity contribution in [1.29, 1.82) is 0 Å². The number of alkyl halides is 4. The Kier molecular flexibility index (Phi) is 5.13. The summed E-state index contributed by atoms with van der Waals surface area (Å²) in [4.78, 5) is 2.72. The molecule has 1 fully saturated rings. The molecular weight excluding hydrogens is 331 g/mol. The van der Waals surface area contributed by atoms with Crippen molar-refractivity contribution >= 4 is 15.9 Å². The molecule has 2 atom stereocenters. The zero-order valence-corrected chi connectivity index (χ0v) is 13.0. The van der Waals surface area contributed by atoms with E-state index in [9.17, 15) is 13.2 Å². The summed E-state index contributed by atoms with van der Waals surface area (Å²) in [5.41, 5.74) is 0.339. The first kappa shape index (κ1) is 15.8. The number of halogens is 4. The summed E-state index contributed by atoms with van der Waals surface area (Å²) in [6.45, 7) is 0.685. The van der Waals surface area contributed by atoms with Gasteiger partial charge in [0.1, 0.15) is 0 Å². The second-order valence-electron chi connectivity index (χ2n) is 5.48. The second-order valence-corrected chi connectivity index (χ2v) is 6.65. The monoisotopic (exact) mass is 349 g/mol. The molecule has 2 rings (SSSR count). The maximum Gasteiger partial charge on any atom is 0.416 e. The predicted octanol–water partition coefficient (Wildman–Crippen LogP) is 4.84. The van der Waals surface area contributed by atoms with E-state index in [1.54, 1.807) is 12.1 Å². The minimum absolute atomic E-state index is 0.464. The maximum absolute atomic E-state index is 12.5. The lowest BCUT2D eigenvalue weighted by atomic mass is 9.94. The van der Waals surface area contributed by atoms with Crippen molar-refractivity contribution in [2.75, 3.05) is 7.05 Å². The summed E-state index contributed by atoms with van der Waals surface area (Å²) in [5.74, 6) is 0. The molecule has 0 bridgehead atoms. The van der Waals surface area contributed by atoms with Gasteiger partial charge >= 0.3 is 6.18 Å². The predicted molar refractivity (Wildman–Crippen MR) is 77.9 cm³/mol. The van der Waals surface area contributed by atoms with Crippen LogP contribution in [0.3, 0.4) is 0 Å². The first-order chi connectivity index (χ1) is 9.38. The number of rotatable bonds is 3. The van der Waals surface area contributed by atoms with Gasteiger partial charge in [0, 0.05) is 17.4 Å². The summed E-state index contributed by atoms with van der Waals surface area (Å²) in [5, 5.41) is 0. The van der Waals surface area contributed by atoms with Crippen LogP contribution in [0.2, 0.25) is 0 Å². The molecule has 1 aromatic carbocycles. The molecule has 20 heavy (non-hydrogen) atoms. The molecule has 1 aromatic rings. The number of benzene rings is 1. The standard InChI is InChI=1S/C15H19BrF3N/c1-20(14-5-3-2-4-13(14)16)10-11-6-8-12(9-7-11)15(17,18)19/h6-9,13-14H,2-5,10H2,1H3. The molecule has 1 aliphatic carbocycles. The fourth-order valence-electron chi connectivity index (χ4n) is 2.77. The van der Waals surface area contributed by atoms with Gasteiger partial charge in [-0.15, -0.1) is 0 Å². The lowest BCUT2D eigenvalue weighted by Gasteiger charge is -2.35. The Labute approximate surface area is 126 Å². The smallest absolute Gasteiger partial charge is 0.298 e. The molecule has 112 valence electrons. The van der Waals surface area contributed by atoms with Crippen LogP contribution >= 0.6 is 15.9 Å². The van der Waals surface area contributed by atoms with E-state index in [4.69, 9.17) is 0 Å². The average Bonchev–Trinajstić information content (AvgIpc) is 2.38. The van der Waals surface area contributed by atoms with Crippen LogP contribution in [0, 0.1) is 0 Å². The highest BCUT2D eigenvalue weighted by Crippen LogP contribution is 2.30. The molecule has 1 aliphatic rings. The third kappa shape index (κ3) is 3.98. The van der Waals surface area contributed by atoms with E-state index in [0.29, 0.717) is 17.4 Å². The summed E-state index contributed by atoms with van der Waals surface area (Å²) in [6, 6.07) is 5.94. The first-order valence-corrected chi connectivity index (χ1v) is 7.80. The number of nitrogens with zero attached hydrogens (tertiary/aromatic N) is 1. The fourth-order valence-corrected chi connectivity index (χ4v) is 3.76. The topological polar surface area (TPSA) is 3.24 Å². The van der Waals surface area contributed by atoms with Crippen LogP contribution in [0.5, 0.6) is 0 Å². The molecule has 0 spiro atoms. The van der Waals surface area contributed by atoms with Crippen molar-refractivity contribution in [1.82, 2.24) is 4.90 Å². The van der Waals surface area contributed by atoms with Gasteiger partial charge < -0.3 is 0 Å². The Balaban J connectivity index is 1.99. The van der Waals surface area contributed by atoms with Crippen molar-refractivity contribution in [2.24, 2.45) is 0 Å². The molecule has 2 unspecified atom stereocenters. The van der Waals surface area contributed by atoms with Gasteiger partial charge in [0.15, 0.2) is 0 Å². The summed E-state index contributed by atoms with van der Waals surface area (Å²) < 4.78 is 37.5. The largest absolute Gasteiger partial charge is 0.416 e. The molecule has 0 radical (unpaired) electrons. The molecule has 0 saturated heterocycles. The van der Waals surface area contributed by atoms with Crippen LogP contribution in [-0.4, -0.2) is 22.8 Å². The Morgan fingerprint density at radius 1 is 1.15 bits per heavy atom. The Hall–Kier alpha value is -0.550.